The van der Waals surface area contributed by atoms with Crippen LogP contribution in [-0.2, 0) is 4.79 Å². The van der Waals surface area contributed by atoms with E-state index < -0.39 is 5.54 Å². The molecule has 0 spiro atoms. The van der Waals surface area contributed by atoms with Crippen LogP contribution in [-0.4, -0.2) is 40.5 Å². The van der Waals surface area contributed by atoms with Gasteiger partial charge in [0.25, 0.3) is 11.8 Å². The van der Waals surface area contributed by atoms with E-state index >= 15 is 0 Å². The SMILES string of the molecule is COc1cccc(C(=O)N2N(C3C4CC5CC(C4)CC3C5)C(=O)C2(C)C)c1. The van der Waals surface area contributed by atoms with Crippen LogP contribution >= 0.6 is 0 Å². The van der Waals surface area contributed by atoms with Gasteiger partial charge in [-0.2, -0.15) is 0 Å². The van der Waals surface area contributed by atoms with Crippen LogP contribution in [0.15, 0.2) is 24.3 Å². The van der Waals surface area contributed by atoms with Crippen molar-refractivity contribution in [1.29, 1.82) is 0 Å². The first-order valence-electron chi connectivity index (χ1n) is 10.2. The summed E-state index contributed by atoms with van der Waals surface area (Å²) in [4.78, 5) is 26.5. The van der Waals surface area contributed by atoms with E-state index in [9.17, 15) is 9.59 Å². The highest BCUT2D eigenvalue weighted by Crippen LogP contribution is 2.57. The molecule has 1 aliphatic heterocycles. The Balaban J connectivity index is 1.47. The summed E-state index contributed by atoms with van der Waals surface area (Å²) in [6.45, 7) is 3.72. The number of hydrogen-bond acceptors (Lipinski definition) is 3. The summed E-state index contributed by atoms with van der Waals surface area (Å²) in [5.74, 6) is 3.45. The zero-order chi connectivity index (χ0) is 18.9. The fourth-order valence-corrected chi connectivity index (χ4v) is 6.48. The summed E-state index contributed by atoms with van der Waals surface area (Å²) >= 11 is 0. The number of amides is 2. The van der Waals surface area contributed by atoms with Gasteiger partial charge >= 0.3 is 0 Å². The van der Waals surface area contributed by atoms with Crippen molar-refractivity contribution in [2.24, 2.45) is 23.7 Å². The molecule has 1 aromatic rings. The molecular weight excluding hydrogens is 340 g/mol. The Morgan fingerprint density at radius 2 is 1.70 bits per heavy atom. The fraction of sp³-hybridized carbons (Fsp3) is 0.636. The van der Waals surface area contributed by atoms with Crippen molar-refractivity contribution >= 4 is 11.8 Å². The Bertz CT molecular complexity index is 775. The Morgan fingerprint density at radius 1 is 1.07 bits per heavy atom. The zero-order valence-corrected chi connectivity index (χ0v) is 16.4. The molecule has 1 saturated heterocycles. The third kappa shape index (κ3) is 2.36. The van der Waals surface area contributed by atoms with Crippen LogP contribution < -0.4 is 4.74 Å². The van der Waals surface area contributed by atoms with Gasteiger partial charge in [0.1, 0.15) is 11.3 Å². The van der Waals surface area contributed by atoms with E-state index in [1.54, 1.807) is 24.3 Å². The van der Waals surface area contributed by atoms with Crippen molar-refractivity contribution in [2.45, 2.75) is 57.5 Å². The van der Waals surface area contributed by atoms with E-state index in [-0.39, 0.29) is 17.9 Å². The predicted octanol–water partition coefficient (Wildman–Crippen LogP) is 3.50. The van der Waals surface area contributed by atoms with E-state index in [4.69, 9.17) is 4.74 Å². The van der Waals surface area contributed by atoms with Gasteiger partial charge in [0.05, 0.1) is 13.2 Å². The van der Waals surface area contributed by atoms with Gasteiger partial charge in [-0.1, -0.05) is 6.07 Å². The molecule has 2 amide bonds. The quantitative estimate of drug-likeness (QED) is 0.820. The Kier molecular flexibility index (Phi) is 3.62. The molecule has 1 aromatic carbocycles. The number of carbonyl (C=O) groups excluding carboxylic acids is 2. The highest BCUT2D eigenvalue weighted by molar-refractivity contribution is 6.04. The minimum Gasteiger partial charge on any atom is -0.497 e. The Hall–Kier alpha value is -2.04. The second-order valence-electron chi connectivity index (χ2n) is 9.48. The largest absolute Gasteiger partial charge is 0.497 e. The van der Waals surface area contributed by atoms with Crippen molar-refractivity contribution in [3.8, 4) is 5.75 Å². The first-order valence-corrected chi connectivity index (χ1v) is 10.2. The normalized spacial score (nSPS) is 36.0. The first kappa shape index (κ1) is 17.1. The lowest BCUT2D eigenvalue weighted by Gasteiger charge is -2.65. The maximum Gasteiger partial charge on any atom is 0.273 e. The average molecular weight is 368 g/mol. The molecule has 5 heteroatoms. The van der Waals surface area contributed by atoms with Crippen LogP contribution in [0.5, 0.6) is 5.75 Å². The van der Waals surface area contributed by atoms with Gasteiger partial charge in [0, 0.05) is 5.56 Å². The fourth-order valence-electron chi connectivity index (χ4n) is 6.48. The molecule has 0 aromatic heterocycles. The maximum absolute atomic E-state index is 13.4. The van der Waals surface area contributed by atoms with Gasteiger partial charge in [0.15, 0.2) is 0 Å². The molecule has 0 N–H and O–H groups in total. The van der Waals surface area contributed by atoms with Gasteiger partial charge in [0.2, 0.25) is 0 Å². The van der Waals surface area contributed by atoms with E-state index in [2.05, 4.69) is 0 Å². The third-order valence-corrected chi connectivity index (χ3v) is 7.44. The van der Waals surface area contributed by atoms with Crippen molar-refractivity contribution in [3.05, 3.63) is 29.8 Å². The molecule has 6 rings (SSSR count). The lowest BCUT2D eigenvalue weighted by Crippen LogP contribution is -2.80. The number of rotatable bonds is 3. The van der Waals surface area contributed by atoms with Gasteiger partial charge in [-0.05, 0) is 87.8 Å². The number of hydrazine groups is 1. The molecular formula is C22H28N2O3. The summed E-state index contributed by atoms with van der Waals surface area (Å²) in [5.41, 5.74) is -0.210. The van der Waals surface area contributed by atoms with Gasteiger partial charge in [-0.25, -0.2) is 10.0 Å². The third-order valence-electron chi connectivity index (χ3n) is 7.44. The topological polar surface area (TPSA) is 49.9 Å². The van der Waals surface area contributed by atoms with Crippen LogP contribution in [0.4, 0.5) is 0 Å². The summed E-state index contributed by atoms with van der Waals surface area (Å²) in [6, 6.07) is 7.43. The number of ether oxygens (including phenoxy) is 1. The number of benzene rings is 1. The molecule has 144 valence electrons. The Labute approximate surface area is 160 Å². The molecule has 5 fully saturated rings. The second kappa shape index (κ2) is 5.73. The lowest BCUT2D eigenvalue weighted by molar-refractivity contribution is -0.230. The molecule has 0 unspecified atom stereocenters. The smallest absolute Gasteiger partial charge is 0.273 e. The highest BCUT2D eigenvalue weighted by atomic mass is 16.5. The van der Waals surface area contributed by atoms with Crippen molar-refractivity contribution < 1.29 is 14.3 Å². The van der Waals surface area contributed by atoms with Crippen molar-refractivity contribution in [1.82, 2.24) is 10.0 Å². The molecule has 5 nitrogen and oxygen atoms in total. The minimum absolute atomic E-state index is 0.0937. The monoisotopic (exact) mass is 368 g/mol. The second-order valence-corrected chi connectivity index (χ2v) is 9.48. The molecule has 5 aliphatic rings. The average Bonchev–Trinajstić information content (AvgIpc) is 2.65. The molecule has 1 heterocycles. The van der Waals surface area contributed by atoms with Crippen LogP contribution in [0.1, 0.15) is 56.3 Å². The number of hydrogen-bond donors (Lipinski definition) is 0. The highest BCUT2D eigenvalue weighted by Gasteiger charge is 2.62. The van der Waals surface area contributed by atoms with Crippen LogP contribution in [0, 0.1) is 23.7 Å². The standard InChI is InChI=1S/C22H28N2O3/c1-22(2)21(26)23(19-16-8-13-7-14(10-16)11-17(19)9-13)24(22)20(25)15-5-4-6-18(12-15)27-3/h4-6,12-14,16-17,19H,7-11H2,1-3H3. The zero-order valence-electron chi connectivity index (χ0n) is 16.4. The van der Waals surface area contributed by atoms with E-state index in [0.717, 1.165) is 11.8 Å². The Morgan fingerprint density at radius 3 is 2.30 bits per heavy atom. The molecule has 27 heavy (non-hydrogen) atoms. The number of nitrogens with zero attached hydrogens (tertiary/aromatic N) is 2. The van der Waals surface area contributed by atoms with Gasteiger partial charge < -0.3 is 4.74 Å². The lowest BCUT2D eigenvalue weighted by atomic mass is 9.53. The van der Waals surface area contributed by atoms with Crippen molar-refractivity contribution in [3.63, 3.8) is 0 Å². The maximum atomic E-state index is 13.4. The minimum atomic E-state index is -0.783. The number of carbonyl (C=O) groups is 2. The van der Waals surface area contributed by atoms with Crippen LogP contribution in [0.2, 0.25) is 0 Å². The van der Waals surface area contributed by atoms with Crippen LogP contribution in [0.3, 0.4) is 0 Å². The summed E-state index contributed by atoms with van der Waals surface area (Å²) in [6.07, 6.45) is 6.28. The van der Waals surface area contributed by atoms with Gasteiger partial charge in [-0.3, -0.25) is 9.59 Å². The number of methoxy groups -OCH3 is 1. The summed E-state index contributed by atoms with van der Waals surface area (Å²) in [7, 11) is 1.60. The van der Waals surface area contributed by atoms with Crippen molar-refractivity contribution in [2.75, 3.05) is 7.11 Å². The molecule has 4 bridgehead atoms. The summed E-state index contributed by atoms with van der Waals surface area (Å²) in [5, 5.41) is 3.58. The summed E-state index contributed by atoms with van der Waals surface area (Å²) < 4.78 is 5.28. The van der Waals surface area contributed by atoms with Gasteiger partial charge in [-0.15, -0.1) is 0 Å². The predicted molar refractivity (Wildman–Crippen MR) is 101 cm³/mol. The van der Waals surface area contributed by atoms with E-state index in [1.807, 2.05) is 31.0 Å². The first-order chi connectivity index (χ1) is 12.9. The molecule has 0 radical (unpaired) electrons. The van der Waals surface area contributed by atoms with Crippen LogP contribution in [0.25, 0.3) is 0 Å². The molecule has 4 saturated carbocycles. The van der Waals surface area contributed by atoms with E-state index in [1.165, 1.54) is 32.1 Å². The van der Waals surface area contributed by atoms with E-state index in [0.29, 0.717) is 23.1 Å². The molecule has 4 aliphatic carbocycles. The molecule has 0 atom stereocenters.